The fourth-order valence-corrected chi connectivity index (χ4v) is 2.18. The highest BCUT2D eigenvalue weighted by atomic mass is 31.2. The Balaban J connectivity index is 0.000000171. The largest absolute Gasteiger partial charge is 0.356 e. The number of benzene rings is 1. The number of rotatable bonds is 2. The molecule has 4 N–H and O–H groups in total. The lowest BCUT2D eigenvalue weighted by molar-refractivity contribution is 0.333. The summed E-state index contributed by atoms with van der Waals surface area (Å²) in [4.78, 5) is 16.6. The van der Waals surface area contributed by atoms with Gasteiger partial charge in [-0.15, -0.1) is 0 Å². The molecule has 0 radical (unpaired) electrons. The molecule has 0 saturated carbocycles. The maximum Gasteiger partial charge on any atom is 0.356 e. The normalized spacial score (nSPS) is 24.5. The summed E-state index contributed by atoms with van der Waals surface area (Å²) in [6.07, 6.45) is -0.254. The van der Waals surface area contributed by atoms with Crippen LogP contribution in [0.1, 0.15) is 25.5 Å². The van der Waals surface area contributed by atoms with Crippen LogP contribution in [-0.4, -0.2) is 21.7 Å². The molecule has 2 rings (SSSR count). The van der Waals surface area contributed by atoms with Crippen molar-refractivity contribution in [2.45, 2.75) is 31.8 Å². The van der Waals surface area contributed by atoms with Crippen molar-refractivity contribution in [3.63, 3.8) is 0 Å². The minimum Gasteiger partial charge on any atom is -0.356 e. The standard InChI is InChI=1S/C8H11N.C3H7O4P/c1-7(9)8-5-3-2-4-6-8;1-2-3(7-2)8(4,5)6/h2-7H,9H2,1H3;2-3H,1H3,(H2,4,5,6). The molecule has 17 heavy (non-hydrogen) atoms. The van der Waals surface area contributed by atoms with E-state index in [4.69, 9.17) is 15.5 Å². The zero-order valence-corrected chi connectivity index (χ0v) is 10.7. The Labute approximate surface area is 101 Å². The van der Waals surface area contributed by atoms with Gasteiger partial charge < -0.3 is 20.3 Å². The van der Waals surface area contributed by atoms with Crippen molar-refractivity contribution in [3.8, 4) is 0 Å². The Morgan fingerprint density at radius 2 is 1.82 bits per heavy atom. The Kier molecular flexibility index (Phi) is 4.86. The van der Waals surface area contributed by atoms with E-state index in [2.05, 4.69) is 4.74 Å². The molecular weight excluding hydrogens is 241 g/mol. The van der Waals surface area contributed by atoms with Gasteiger partial charge in [-0.05, 0) is 19.4 Å². The molecule has 1 saturated heterocycles. The first-order valence-corrected chi connectivity index (χ1v) is 7.01. The molecule has 0 amide bonds. The molecule has 1 aliphatic rings. The molecular formula is C11H18NO4P. The Morgan fingerprint density at radius 3 is 2.00 bits per heavy atom. The van der Waals surface area contributed by atoms with E-state index in [1.165, 1.54) is 5.56 Å². The highest BCUT2D eigenvalue weighted by Gasteiger charge is 2.48. The second kappa shape index (κ2) is 5.76. The van der Waals surface area contributed by atoms with Gasteiger partial charge in [0.05, 0.1) is 6.10 Å². The summed E-state index contributed by atoms with van der Waals surface area (Å²) in [5.74, 6) is -0.817. The third kappa shape index (κ3) is 4.98. The monoisotopic (exact) mass is 259 g/mol. The molecule has 0 spiro atoms. The van der Waals surface area contributed by atoms with Crippen molar-refractivity contribution >= 4 is 7.60 Å². The van der Waals surface area contributed by atoms with Crippen LogP contribution in [0.15, 0.2) is 30.3 Å². The van der Waals surface area contributed by atoms with Crippen LogP contribution in [0.4, 0.5) is 0 Å². The summed E-state index contributed by atoms with van der Waals surface area (Å²) >= 11 is 0. The van der Waals surface area contributed by atoms with Crippen molar-refractivity contribution in [1.82, 2.24) is 0 Å². The molecule has 3 unspecified atom stereocenters. The molecule has 0 aliphatic carbocycles. The molecule has 5 nitrogen and oxygen atoms in total. The van der Waals surface area contributed by atoms with Crippen LogP contribution >= 0.6 is 7.60 Å². The maximum absolute atomic E-state index is 10.2. The topological polar surface area (TPSA) is 96.1 Å². The van der Waals surface area contributed by atoms with Crippen molar-refractivity contribution < 1.29 is 19.1 Å². The zero-order chi connectivity index (χ0) is 13.1. The molecule has 3 atom stereocenters. The van der Waals surface area contributed by atoms with Crippen molar-refractivity contribution in [1.29, 1.82) is 0 Å². The highest BCUT2D eigenvalue weighted by Crippen LogP contribution is 2.52. The van der Waals surface area contributed by atoms with Gasteiger partial charge in [0.2, 0.25) is 0 Å². The minimum atomic E-state index is -3.90. The summed E-state index contributed by atoms with van der Waals surface area (Å²) in [6.45, 7) is 3.61. The second-order valence-electron chi connectivity index (χ2n) is 4.02. The van der Waals surface area contributed by atoms with E-state index in [1.807, 2.05) is 37.3 Å². The SMILES string of the molecule is CC(N)c1ccccc1.CC1OC1P(=O)(O)O. The van der Waals surface area contributed by atoms with Gasteiger partial charge in [0.15, 0.2) is 5.85 Å². The zero-order valence-electron chi connectivity index (χ0n) is 9.85. The summed E-state index contributed by atoms with van der Waals surface area (Å²) in [7, 11) is -3.90. The van der Waals surface area contributed by atoms with E-state index in [0.29, 0.717) is 0 Å². The third-order valence-corrected chi connectivity index (χ3v) is 3.54. The number of epoxide rings is 1. The van der Waals surface area contributed by atoms with Gasteiger partial charge in [0, 0.05) is 6.04 Å². The lowest BCUT2D eigenvalue weighted by atomic mass is 10.1. The van der Waals surface area contributed by atoms with Gasteiger partial charge >= 0.3 is 7.60 Å². The molecule has 1 fully saturated rings. The van der Waals surface area contributed by atoms with Gasteiger partial charge in [0.1, 0.15) is 0 Å². The van der Waals surface area contributed by atoms with Gasteiger partial charge in [-0.1, -0.05) is 30.3 Å². The summed E-state index contributed by atoms with van der Waals surface area (Å²) in [5.41, 5.74) is 6.81. The number of nitrogens with two attached hydrogens (primary N) is 1. The van der Waals surface area contributed by atoms with Crippen LogP contribution in [0.5, 0.6) is 0 Å². The van der Waals surface area contributed by atoms with Gasteiger partial charge in [0.25, 0.3) is 0 Å². The van der Waals surface area contributed by atoms with E-state index in [-0.39, 0.29) is 12.1 Å². The van der Waals surface area contributed by atoms with Crippen LogP contribution in [0.2, 0.25) is 0 Å². The smallest absolute Gasteiger partial charge is 0.356 e. The first-order valence-electron chi connectivity index (χ1n) is 5.33. The van der Waals surface area contributed by atoms with Gasteiger partial charge in [-0.2, -0.15) is 0 Å². The van der Waals surface area contributed by atoms with E-state index in [9.17, 15) is 4.57 Å². The lowest BCUT2D eigenvalue weighted by Crippen LogP contribution is -2.03. The van der Waals surface area contributed by atoms with Crippen LogP contribution in [0.3, 0.4) is 0 Å². The van der Waals surface area contributed by atoms with E-state index >= 15 is 0 Å². The number of ether oxygens (including phenoxy) is 1. The number of hydrogen-bond donors (Lipinski definition) is 3. The molecule has 1 aliphatic heterocycles. The molecule has 0 bridgehead atoms. The summed E-state index contributed by atoms with van der Waals surface area (Å²) < 4.78 is 14.7. The van der Waals surface area contributed by atoms with Gasteiger partial charge in [-0.25, -0.2) is 0 Å². The highest BCUT2D eigenvalue weighted by molar-refractivity contribution is 7.52. The van der Waals surface area contributed by atoms with Crippen LogP contribution in [0.25, 0.3) is 0 Å². The van der Waals surface area contributed by atoms with E-state index in [0.717, 1.165) is 0 Å². The lowest BCUT2D eigenvalue weighted by Gasteiger charge is -2.02. The fourth-order valence-electron chi connectivity index (χ4n) is 1.28. The Bertz CT molecular complexity index is 390. The van der Waals surface area contributed by atoms with Crippen molar-refractivity contribution in [3.05, 3.63) is 35.9 Å². The van der Waals surface area contributed by atoms with Crippen molar-refractivity contribution in [2.75, 3.05) is 0 Å². The van der Waals surface area contributed by atoms with E-state index < -0.39 is 13.4 Å². The molecule has 1 heterocycles. The average Bonchev–Trinajstić information content (AvgIpc) is 2.98. The maximum atomic E-state index is 10.2. The molecule has 0 aromatic heterocycles. The third-order valence-electron chi connectivity index (χ3n) is 2.34. The molecule has 96 valence electrons. The predicted octanol–water partition coefficient (Wildman–Crippen LogP) is 1.62. The molecule has 6 heteroatoms. The molecule has 1 aromatic carbocycles. The van der Waals surface area contributed by atoms with Crippen LogP contribution < -0.4 is 5.73 Å². The predicted molar refractivity (Wildman–Crippen MR) is 65.4 cm³/mol. The van der Waals surface area contributed by atoms with Crippen LogP contribution in [-0.2, 0) is 9.30 Å². The van der Waals surface area contributed by atoms with Crippen molar-refractivity contribution in [2.24, 2.45) is 5.73 Å². The van der Waals surface area contributed by atoms with Crippen LogP contribution in [0, 0.1) is 0 Å². The Hall–Kier alpha value is -0.710. The number of hydrogen-bond acceptors (Lipinski definition) is 3. The minimum absolute atomic E-state index is 0.159. The van der Waals surface area contributed by atoms with Gasteiger partial charge in [-0.3, -0.25) is 4.57 Å². The van der Waals surface area contributed by atoms with E-state index in [1.54, 1.807) is 6.92 Å². The average molecular weight is 259 g/mol. The quantitative estimate of drug-likeness (QED) is 0.554. The fraction of sp³-hybridized carbons (Fsp3) is 0.455. The summed E-state index contributed by atoms with van der Waals surface area (Å²) in [5, 5.41) is 0. The first-order chi connectivity index (χ1) is 7.82. The first kappa shape index (κ1) is 14.4. The Morgan fingerprint density at radius 1 is 1.35 bits per heavy atom. The summed E-state index contributed by atoms with van der Waals surface area (Å²) in [6, 6.07) is 10.2. The second-order valence-corrected chi connectivity index (χ2v) is 5.71. The molecule has 1 aromatic rings.